The van der Waals surface area contributed by atoms with Gasteiger partial charge in [0.05, 0.1) is 21.3 Å². The molecule has 1 aliphatic rings. The number of hydrogen-bond donors (Lipinski definition) is 2. The lowest BCUT2D eigenvalue weighted by Crippen LogP contribution is -2.43. The van der Waals surface area contributed by atoms with Gasteiger partial charge in [-0.25, -0.2) is 0 Å². The largest absolute Gasteiger partial charge is 0.497 e. The summed E-state index contributed by atoms with van der Waals surface area (Å²) < 4.78 is 15.9. The molecule has 0 saturated carbocycles. The number of fused-ring (bicyclic) bond motifs is 1. The predicted molar refractivity (Wildman–Crippen MR) is 140 cm³/mol. The Balaban J connectivity index is 1.52. The van der Waals surface area contributed by atoms with Crippen molar-refractivity contribution in [2.45, 2.75) is 25.8 Å². The summed E-state index contributed by atoms with van der Waals surface area (Å²) in [6.07, 6.45) is 2.46. The van der Waals surface area contributed by atoms with Crippen molar-refractivity contribution in [2.75, 3.05) is 26.6 Å². The zero-order valence-electron chi connectivity index (χ0n) is 21.1. The van der Waals surface area contributed by atoms with E-state index in [0.717, 1.165) is 29.0 Å². The van der Waals surface area contributed by atoms with Crippen molar-refractivity contribution in [2.24, 2.45) is 0 Å². The summed E-state index contributed by atoms with van der Waals surface area (Å²) in [6.45, 7) is 4.21. The van der Waals surface area contributed by atoms with E-state index in [9.17, 15) is 9.59 Å². The average Bonchev–Trinajstić information content (AvgIpc) is 2.87. The Hall–Kier alpha value is -4.26. The molecule has 7 heteroatoms. The molecule has 2 N–H and O–H groups in total. The summed E-state index contributed by atoms with van der Waals surface area (Å²) in [5, 5.41) is 6.33. The molecular weight excluding hydrogens is 456 g/mol. The summed E-state index contributed by atoms with van der Waals surface area (Å²) in [7, 11) is 4.68. The predicted octanol–water partition coefficient (Wildman–Crippen LogP) is 5.11. The average molecular weight is 487 g/mol. The molecule has 36 heavy (non-hydrogen) atoms. The van der Waals surface area contributed by atoms with Crippen LogP contribution in [0.25, 0.3) is 5.70 Å². The molecule has 0 aliphatic carbocycles. The lowest BCUT2D eigenvalue weighted by molar-refractivity contribution is 0.102. The van der Waals surface area contributed by atoms with E-state index in [2.05, 4.69) is 24.5 Å². The zero-order chi connectivity index (χ0) is 25.9. The van der Waals surface area contributed by atoms with Crippen molar-refractivity contribution >= 4 is 23.1 Å². The molecule has 0 atom stereocenters. The van der Waals surface area contributed by atoms with E-state index in [4.69, 9.17) is 14.2 Å². The van der Waals surface area contributed by atoms with E-state index < -0.39 is 0 Å². The molecule has 4 rings (SSSR count). The maximum absolute atomic E-state index is 13.1. The standard InChI is InChI=1S/C29H30N2O5/c1-29(2)17-20-8-12-22(34-3)15-23(20)24(31-29)16-25(32)18-6-10-21(11-7-18)30-28(33)19-9-13-26(35-4)27(14-19)36-5/h6-16,31H,17H2,1-5H3,(H,30,33)/b24-16-. The van der Waals surface area contributed by atoms with Gasteiger partial charge in [-0.1, -0.05) is 6.07 Å². The second-order valence-corrected chi connectivity index (χ2v) is 9.23. The third-order valence-corrected chi connectivity index (χ3v) is 6.06. The number of amides is 1. The number of ether oxygens (including phenoxy) is 3. The van der Waals surface area contributed by atoms with Crippen LogP contribution in [0.2, 0.25) is 0 Å². The van der Waals surface area contributed by atoms with Gasteiger partial charge in [-0.15, -0.1) is 0 Å². The van der Waals surface area contributed by atoms with Gasteiger partial charge < -0.3 is 24.8 Å². The van der Waals surface area contributed by atoms with Crippen molar-refractivity contribution in [3.05, 3.63) is 89.0 Å². The van der Waals surface area contributed by atoms with Crippen LogP contribution in [0.5, 0.6) is 17.2 Å². The Morgan fingerprint density at radius 1 is 0.861 bits per heavy atom. The monoisotopic (exact) mass is 486 g/mol. The van der Waals surface area contributed by atoms with Gasteiger partial charge in [-0.3, -0.25) is 9.59 Å². The highest BCUT2D eigenvalue weighted by Crippen LogP contribution is 2.32. The Kier molecular flexibility index (Phi) is 7.01. The quantitative estimate of drug-likeness (QED) is 0.356. The number of hydrogen-bond acceptors (Lipinski definition) is 6. The lowest BCUT2D eigenvalue weighted by Gasteiger charge is -2.35. The zero-order valence-corrected chi connectivity index (χ0v) is 21.1. The topological polar surface area (TPSA) is 85.9 Å². The van der Waals surface area contributed by atoms with Crippen molar-refractivity contribution in [1.82, 2.24) is 5.32 Å². The van der Waals surface area contributed by atoms with Crippen molar-refractivity contribution < 1.29 is 23.8 Å². The summed E-state index contributed by atoms with van der Waals surface area (Å²) >= 11 is 0. The molecular formula is C29H30N2O5. The molecule has 0 unspecified atom stereocenters. The van der Waals surface area contributed by atoms with Crippen LogP contribution in [0.3, 0.4) is 0 Å². The van der Waals surface area contributed by atoms with Crippen LogP contribution >= 0.6 is 0 Å². The molecule has 1 aliphatic heterocycles. The van der Waals surface area contributed by atoms with E-state index in [1.165, 1.54) is 14.2 Å². The van der Waals surface area contributed by atoms with Crippen molar-refractivity contribution in [3.63, 3.8) is 0 Å². The van der Waals surface area contributed by atoms with Gasteiger partial charge in [-0.2, -0.15) is 0 Å². The van der Waals surface area contributed by atoms with Gasteiger partial charge >= 0.3 is 0 Å². The Bertz CT molecular complexity index is 1330. The first-order valence-corrected chi connectivity index (χ1v) is 11.6. The first-order chi connectivity index (χ1) is 17.2. The molecule has 0 bridgehead atoms. The molecule has 0 saturated heterocycles. The van der Waals surface area contributed by atoms with Gasteiger partial charge in [0.1, 0.15) is 5.75 Å². The minimum Gasteiger partial charge on any atom is -0.497 e. The van der Waals surface area contributed by atoms with Crippen molar-refractivity contribution in [1.29, 1.82) is 0 Å². The SMILES string of the molecule is COc1ccc2c(c1)/C(=C/C(=O)c1ccc(NC(=O)c3ccc(OC)c(OC)c3)cc1)NC(C)(C)C2. The van der Waals surface area contributed by atoms with Crippen LogP contribution < -0.4 is 24.8 Å². The third-order valence-electron chi connectivity index (χ3n) is 6.06. The molecule has 1 heterocycles. The van der Waals surface area contributed by atoms with E-state index in [-0.39, 0.29) is 17.2 Å². The summed E-state index contributed by atoms with van der Waals surface area (Å²) in [6, 6.07) is 17.7. The van der Waals surface area contributed by atoms with E-state index >= 15 is 0 Å². The van der Waals surface area contributed by atoms with Crippen LogP contribution in [0.4, 0.5) is 5.69 Å². The van der Waals surface area contributed by atoms with Crippen LogP contribution in [0.15, 0.2) is 66.7 Å². The number of anilines is 1. The Morgan fingerprint density at radius 2 is 1.56 bits per heavy atom. The van der Waals surface area contributed by atoms with Gasteiger partial charge in [0, 0.05) is 39.7 Å². The Labute approximate surface area is 211 Å². The van der Waals surface area contributed by atoms with Crippen LogP contribution in [-0.2, 0) is 6.42 Å². The molecule has 0 aromatic heterocycles. The summed E-state index contributed by atoms with van der Waals surface area (Å²) in [5.74, 6) is 1.32. The van der Waals surface area contributed by atoms with Gasteiger partial charge in [0.2, 0.25) is 0 Å². The molecule has 3 aromatic rings. The van der Waals surface area contributed by atoms with Crippen molar-refractivity contribution in [3.8, 4) is 17.2 Å². The van der Waals surface area contributed by atoms with Gasteiger partial charge in [-0.05, 0) is 80.4 Å². The van der Waals surface area contributed by atoms with E-state index in [0.29, 0.717) is 28.3 Å². The highest BCUT2D eigenvalue weighted by Gasteiger charge is 2.28. The number of ketones is 1. The normalized spacial score (nSPS) is 14.9. The van der Waals surface area contributed by atoms with Gasteiger partial charge in [0.15, 0.2) is 17.3 Å². The van der Waals surface area contributed by atoms with Crippen LogP contribution in [0.1, 0.15) is 45.7 Å². The first kappa shape index (κ1) is 24.9. The van der Waals surface area contributed by atoms with E-state index in [1.54, 1.807) is 55.7 Å². The number of nitrogens with one attached hydrogen (secondary N) is 2. The van der Waals surface area contributed by atoms with Crippen LogP contribution in [-0.4, -0.2) is 38.6 Å². The molecule has 7 nitrogen and oxygen atoms in total. The number of carbonyl (C=O) groups excluding carboxylic acids is 2. The number of carbonyl (C=O) groups is 2. The fourth-order valence-corrected chi connectivity index (χ4v) is 4.27. The van der Waals surface area contributed by atoms with Gasteiger partial charge in [0.25, 0.3) is 5.91 Å². The summed E-state index contributed by atoms with van der Waals surface area (Å²) in [5.41, 5.74) is 4.21. The maximum atomic E-state index is 13.1. The second-order valence-electron chi connectivity index (χ2n) is 9.23. The lowest BCUT2D eigenvalue weighted by atomic mass is 9.85. The highest BCUT2D eigenvalue weighted by atomic mass is 16.5. The molecule has 0 radical (unpaired) electrons. The smallest absolute Gasteiger partial charge is 0.255 e. The number of methoxy groups -OCH3 is 3. The summed E-state index contributed by atoms with van der Waals surface area (Å²) in [4.78, 5) is 25.8. The molecule has 0 fully saturated rings. The number of rotatable bonds is 7. The number of benzene rings is 3. The minimum atomic E-state index is -0.295. The third kappa shape index (κ3) is 5.35. The maximum Gasteiger partial charge on any atom is 0.255 e. The number of allylic oxidation sites excluding steroid dienone is 1. The van der Waals surface area contributed by atoms with Crippen LogP contribution in [0, 0.1) is 0 Å². The molecule has 1 amide bonds. The minimum absolute atomic E-state index is 0.137. The first-order valence-electron chi connectivity index (χ1n) is 11.6. The molecule has 0 spiro atoms. The fraction of sp³-hybridized carbons (Fsp3) is 0.241. The molecule has 3 aromatic carbocycles. The highest BCUT2D eigenvalue weighted by molar-refractivity contribution is 6.09. The molecule has 186 valence electrons. The second kappa shape index (κ2) is 10.2. The Morgan fingerprint density at radius 3 is 2.22 bits per heavy atom. The fourth-order valence-electron chi connectivity index (χ4n) is 4.27. The van der Waals surface area contributed by atoms with E-state index in [1.807, 2.05) is 18.2 Å².